The minimum atomic E-state index is -0.818. The lowest BCUT2D eigenvalue weighted by Crippen LogP contribution is -2.45. The summed E-state index contributed by atoms with van der Waals surface area (Å²) in [6, 6.07) is 4.28. The third-order valence-corrected chi connectivity index (χ3v) is 5.59. The lowest BCUT2D eigenvalue weighted by Gasteiger charge is -2.20. The van der Waals surface area contributed by atoms with Crippen LogP contribution in [0.3, 0.4) is 0 Å². The van der Waals surface area contributed by atoms with E-state index in [1.165, 1.54) is 12.1 Å². The first-order valence-electron chi connectivity index (χ1n) is 10.5. The number of aliphatic imine (C=N–C) groups is 1. The van der Waals surface area contributed by atoms with Crippen LogP contribution in [0.4, 0.5) is 14.5 Å². The Morgan fingerprint density at radius 1 is 1.17 bits per heavy atom. The summed E-state index contributed by atoms with van der Waals surface area (Å²) in [6.07, 6.45) is 2.42. The minimum Gasteiger partial charge on any atom is -0.371 e. The number of carbonyl (C=O) groups is 1. The number of carbonyl (C=O) groups excluding carboxylic acids is 1. The fourth-order valence-corrected chi connectivity index (χ4v) is 3.96. The molecule has 2 fully saturated rings. The highest BCUT2D eigenvalue weighted by Gasteiger charge is 2.26. The van der Waals surface area contributed by atoms with Crippen molar-refractivity contribution in [1.82, 2.24) is 15.5 Å². The molecule has 29 heavy (non-hydrogen) atoms. The first-order valence-corrected chi connectivity index (χ1v) is 10.5. The van der Waals surface area contributed by atoms with Gasteiger partial charge in [0.1, 0.15) is 0 Å². The van der Waals surface area contributed by atoms with Gasteiger partial charge in [-0.1, -0.05) is 6.92 Å². The molecule has 1 amide bonds. The highest BCUT2D eigenvalue weighted by Crippen LogP contribution is 2.25. The largest absolute Gasteiger partial charge is 0.371 e. The van der Waals surface area contributed by atoms with Crippen molar-refractivity contribution in [3.63, 3.8) is 0 Å². The fraction of sp³-hybridized carbons (Fsp3) is 0.619. The lowest BCUT2D eigenvalue weighted by molar-refractivity contribution is -0.129. The van der Waals surface area contributed by atoms with E-state index in [4.69, 9.17) is 4.99 Å². The van der Waals surface area contributed by atoms with Gasteiger partial charge in [0.25, 0.3) is 0 Å². The summed E-state index contributed by atoms with van der Waals surface area (Å²) in [4.78, 5) is 20.6. The molecule has 0 aliphatic carbocycles. The molecule has 8 heteroatoms. The number of hydrogen-bond acceptors (Lipinski definition) is 3. The second kappa shape index (κ2) is 9.89. The molecule has 0 bridgehead atoms. The zero-order chi connectivity index (χ0) is 20.8. The number of halogens is 2. The first-order chi connectivity index (χ1) is 14.0. The van der Waals surface area contributed by atoms with Crippen LogP contribution in [0, 0.1) is 17.6 Å². The monoisotopic (exact) mass is 407 g/mol. The molecule has 2 aliphatic heterocycles. The van der Waals surface area contributed by atoms with Gasteiger partial charge in [-0.25, -0.2) is 8.78 Å². The summed E-state index contributed by atoms with van der Waals surface area (Å²) in [5.41, 5.74) is 0.715. The van der Waals surface area contributed by atoms with Gasteiger partial charge in [-0.2, -0.15) is 0 Å². The first kappa shape index (κ1) is 21.3. The number of rotatable bonds is 6. The molecule has 2 atom stereocenters. The number of benzene rings is 1. The molecule has 2 heterocycles. The maximum absolute atomic E-state index is 13.5. The molecule has 1 aromatic carbocycles. The van der Waals surface area contributed by atoms with E-state index in [1.54, 1.807) is 6.07 Å². The number of anilines is 1. The molecule has 3 rings (SSSR count). The van der Waals surface area contributed by atoms with E-state index >= 15 is 0 Å². The van der Waals surface area contributed by atoms with Gasteiger partial charge >= 0.3 is 0 Å². The van der Waals surface area contributed by atoms with Gasteiger partial charge in [-0.15, -0.1) is 0 Å². The predicted molar refractivity (Wildman–Crippen MR) is 111 cm³/mol. The van der Waals surface area contributed by atoms with Crippen LogP contribution in [-0.4, -0.2) is 62.1 Å². The summed E-state index contributed by atoms with van der Waals surface area (Å²) >= 11 is 0. The molecule has 6 nitrogen and oxygen atoms in total. The highest BCUT2D eigenvalue weighted by atomic mass is 19.2. The van der Waals surface area contributed by atoms with Crippen LogP contribution in [0.1, 0.15) is 33.1 Å². The number of nitrogens with zero attached hydrogens (tertiary/aromatic N) is 3. The van der Waals surface area contributed by atoms with Crippen LogP contribution in [0.2, 0.25) is 0 Å². The number of amides is 1. The van der Waals surface area contributed by atoms with Gasteiger partial charge in [-0.05, 0) is 37.8 Å². The Morgan fingerprint density at radius 2 is 2.00 bits per heavy atom. The van der Waals surface area contributed by atoms with E-state index in [-0.39, 0.29) is 11.9 Å². The number of guanidine groups is 1. The van der Waals surface area contributed by atoms with Crippen molar-refractivity contribution in [2.75, 3.05) is 44.2 Å². The van der Waals surface area contributed by atoms with Crippen molar-refractivity contribution >= 4 is 17.6 Å². The van der Waals surface area contributed by atoms with E-state index in [2.05, 4.69) is 15.5 Å². The van der Waals surface area contributed by atoms with Crippen molar-refractivity contribution in [3.05, 3.63) is 29.8 Å². The highest BCUT2D eigenvalue weighted by molar-refractivity contribution is 5.80. The molecular formula is C21H31F2N5O. The third-order valence-electron chi connectivity index (χ3n) is 5.59. The third kappa shape index (κ3) is 5.58. The molecule has 0 radical (unpaired) electrons. The smallest absolute Gasteiger partial charge is 0.222 e. The van der Waals surface area contributed by atoms with Crippen molar-refractivity contribution in [1.29, 1.82) is 0 Å². The average molecular weight is 408 g/mol. The van der Waals surface area contributed by atoms with Gasteiger partial charge in [0.05, 0.1) is 0 Å². The van der Waals surface area contributed by atoms with Crippen molar-refractivity contribution in [2.45, 2.75) is 39.2 Å². The Bertz CT molecular complexity index is 742. The molecule has 2 saturated heterocycles. The zero-order valence-corrected chi connectivity index (χ0v) is 17.3. The summed E-state index contributed by atoms with van der Waals surface area (Å²) in [7, 11) is 0. The van der Waals surface area contributed by atoms with E-state index in [9.17, 15) is 13.6 Å². The SMILES string of the molecule is CCNC(=NCC1CCN(c2ccc(F)c(F)c2)C1)NC1CCN(C(=O)CC)C1. The lowest BCUT2D eigenvalue weighted by atomic mass is 10.1. The van der Waals surface area contributed by atoms with Gasteiger partial charge in [0, 0.05) is 63.5 Å². The molecule has 0 aromatic heterocycles. The van der Waals surface area contributed by atoms with Crippen LogP contribution in [0.25, 0.3) is 0 Å². The molecule has 1 aromatic rings. The molecule has 2 aliphatic rings. The van der Waals surface area contributed by atoms with E-state index < -0.39 is 11.6 Å². The summed E-state index contributed by atoms with van der Waals surface area (Å²) < 4.78 is 26.7. The number of hydrogen-bond donors (Lipinski definition) is 2. The fourth-order valence-electron chi connectivity index (χ4n) is 3.96. The van der Waals surface area contributed by atoms with Crippen LogP contribution >= 0.6 is 0 Å². The Balaban J connectivity index is 1.52. The molecule has 160 valence electrons. The van der Waals surface area contributed by atoms with Crippen LogP contribution in [-0.2, 0) is 4.79 Å². The maximum Gasteiger partial charge on any atom is 0.222 e. The predicted octanol–water partition coefficient (Wildman–Crippen LogP) is 2.36. The zero-order valence-electron chi connectivity index (χ0n) is 17.3. The summed E-state index contributed by atoms with van der Waals surface area (Å²) in [5.74, 6) is -0.300. The van der Waals surface area contributed by atoms with Gasteiger partial charge < -0.3 is 20.4 Å². The molecular weight excluding hydrogens is 376 g/mol. The topological polar surface area (TPSA) is 60.0 Å². The van der Waals surface area contributed by atoms with Crippen LogP contribution in [0.5, 0.6) is 0 Å². The molecule has 0 spiro atoms. The molecule has 0 saturated carbocycles. The van der Waals surface area contributed by atoms with Gasteiger partial charge in [0.2, 0.25) is 5.91 Å². The Kier molecular flexibility index (Phi) is 7.28. The van der Waals surface area contributed by atoms with E-state index in [1.807, 2.05) is 18.7 Å². The average Bonchev–Trinajstić information content (AvgIpc) is 3.37. The van der Waals surface area contributed by atoms with Crippen LogP contribution < -0.4 is 15.5 Å². The second-order valence-corrected chi connectivity index (χ2v) is 7.74. The molecule has 2 N–H and O–H groups in total. The normalized spacial score (nSPS) is 22.3. The standard InChI is InChI=1S/C21H31F2N5O/c1-3-20(29)28-10-8-16(14-28)26-21(24-4-2)25-12-15-7-9-27(13-15)17-5-6-18(22)19(23)11-17/h5-6,11,15-16H,3-4,7-10,12-14H2,1-2H3,(H2,24,25,26). The Morgan fingerprint density at radius 3 is 2.72 bits per heavy atom. The van der Waals surface area contributed by atoms with Crippen molar-refractivity contribution in [3.8, 4) is 0 Å². The van der Waals surface area contributed by atoms with Crippen LogP contribution in [0.15, 0.2) is 23.2 Å². The van der Waals surface area contributed by atoms with E-state index in [0.29, 0.717) is 31.1 Å². The van der Waals surface area contributed by atoms with Gasteiger partial charge in [0.15, 0.2) is 17.6 Å². The maximum atomic E-state index is 13.5. The van der Waals surface area contributed by atoms with E-state index in [0.717, 1.165) is 45.0 Å². The number of nitrogens with one attached hydrogen (secondary N) is 2. The van der Waals surface area contributed by atoms with Crippen molar-refractivity contribution in [2.24, 2.45) is 10.9 Å². The molecule has 2 unspecified atom stereocenters. The Hall–Kier alpha value is -2.38. The summed E-state index contributed by atoms with van der Waals surface area (Å²) in [5, 5.41) is 6.73. The quantitative estimate of drug-likeness (QED) is 0.562. The van der Waals surface area contributed by atoms with Crippen molar-refractivity contribution < 1.29 is 13.6 Å². The summed E-state index contributed by atoms with van der Waals surface area (Å²) in [6.45, 7) is 8.43. The number of likely N-dealkylation sites (tertiary alicyclic amines) is 1. The second-order valence-electron chi connectivity index (χ2n) is 7.74. The van der Waals surface area contributed by atoms with Gasteiger partial charge in [-0.3, -0.25) is 9.79 Å². The minimum absolute atomic E-state index is 0.194. The Labute approximate surface area is 171 Å².